The minimum Gasteiger partial charge on any atom is -0.296 e. The first kappa shape index (κ1) is 19.1. The van der Waals surface area contributed by atoms with Crippen LogP contribution in [0.4, 0.5) is 0 Å². The first-order chi connectivity index (χ1) is 12.4. The van der Waals surface area contributed by atoms with Gasteiger partial charge >= 0.3 is 5.69 Å². The largest absolute Gasteiger partial charge is 0.331 e. The van der Waals surface area contributed by atoms with Gasteiger partial charge in [-0.1, -0.05) is 58.5 Å². The average molecular weight is 430 g/mol. The normalized spacial score (nSPS) is 10.9. The Bertz CT molecular complexity index is 1050. The zero-order valence-electron chi connectivity index (χ0n) is 13.3. The van der Waals surface area contributed by atoms with Crippen LogP contribution in [-0.2, 0) is 13.1 Å². The summed E-state index contributed by atoms with van der Waals surface area (Å²) in [5.74, 6) is 0. The molecule has 4 nitrogen and oxygen atoms in total. The zero-order valence-corrected chi connectivity index (χ0v) is 16.3. The third-order valence-corrected chi connectivity index (χ3v) is 5.32. The van der Waals surface area contributed by atoms with E-state index >= 15 is 0 Å². The van der Waals surface area contributed by atoms with E-state index in [2.05, 4.69) is 0 Å². The van der Waals surface area contributed by atoms with E-state index in [9.17, 15) is 9.59 Å². The predicted molar refractivity (Wildman–Crippen MR) is 106 cm³/mol. The van der Waals surface area contributed by atoms with E-state index in [-0.39, 0.29) is 13.1 Å². The lowest BCUT2D eigenvalue weighted by atomic mass is 10.2. The Hall–Kier alpha value is -1.72. The lowest BCUT2D eigenvalue weighted by Crippen LogP contribution is -2.39. The number of rotatable bonds is 4. The van der Waals surface area contributed by atoms with Crippen molar-refractivity contribution in [3.05, 3.63) is 101 Å². The van der Waals surface area contributed by atoms with Gasteiger partial charge in [-0.3, -0.25) is 13.9 Å². The summed E-state index contributed by atoms with van der Waals surface area (Å²) in [6, 6.07) is 11.4. The van der Waals surface area contributed by atoms with Gasteiger partial charge in [0.25, 0.3) is 5.56 Å². The average Bonchev–Trinajstić information content (AvgIpc) is 2.59. The van der Waals surface area contributed by atoms with Crippen LogP contribution < -0.4 is 11.2 Å². The van der Waals surface area contributed by atoms with Gasteiger partial charge < -0.3 is 0 Å². The van der Waals surface area contributed by atoms with Crippen molar-refractivity contribution in [2.24, 2.45) is 0 Å². The molecule has 1 aromatic heterocycles. The minimum atomic E-state index is -0.510. The lowest BCUT2D eigenvalue weighted by Gasteiger charge is -2.13. The van der Waals surface area contributed by atoms with Gasteiger partial charge in [-0.15, -0.1) is 0 Å². The number of nitrogens with zero attached hydrogens (tertiary/aromatic N) is 2. The third-order valence-electron chi connectivity index (χ3n) is 3.91. The van der Waals surface area contributed by atoms with E-state index in [0.717, 1.165) is 4.57 Å². The summed E-state index contributed by atoms with van der Waals surface area (Å²) in [5, 5.41) is 1.65. The number of hydrogen-bond acceptors (Lipinski definition) is 2. The van der Waals surface area contributed by atoms with Crippen LogP contribution >= 0.6 is 46.4 Å². The molecule has 0 fully saturated rings. The molecule has 134 valence electrons. The molecule has 26 heavy (non-hydrogen) atoms. The molecule has 0 N–H and O–H groups in total. The summed E-state index contributed by atoms with van der Waals surface area (Å²) in [5.41, 5.74) is 0.138. The fourth-order valence-electron chi connectivity index (χ4n) is 2.52. The molecule has 3 aromatic rings. The van der Waals surface area contributed by atoms with E-state index in [0.29, 0.717) is 31.2 Å². The van der Waals surface area contributed by atoms with Crippen LogP contribution in [0.25, 0.3) is 0 Å². The van der Waals surface area contributed by atoms with Gasteiger partial charge in [-0.05, 0) is 24.3 Å². The number of aromatic nitrogens is 2. The molecule has 0 bridgehead atoms. The molecule has 0 spiro atoms. The maximum atomic E-state index is 12.8. The smallest absolute Gasteiger partial charge is 0.296 e. The van der Waals surface area contributed by atoms with Crippen LogP contribution in [0.5, 0.6) is 0 Å². The second-order valence-corrected chi connectivity index (χ2v) is 7.18. The van der Waals surface area contributed by atoms with Gasteiger partial charge in [0.15, 0.2) is 0 Å². The summed E-state index contributed by atoms with van der Waals surface area (Å²) < 4.78 is 2.43. The Morgan fingerprint density at radius 2 is 1.15 bits per heavy atom. The van der Waals surface area contributed by atoms with E-state index in [1.54, 1.807) is 36.4 Å². The third kappa shape index (κ3) is 3.84. The molecule has 0 unspecified atom stereocenters. The standard InChI is InChI=1S/C18H12Cl4N2O2/c19-13-3-1-4-14(20)11(13)9-23-8-7-17(25)24(18(23)26)10-12-15(21)5-2-6-16(12)22/h1-8H,9-10H2. The molecule has 1 heterocycles. The van der Waals surface area contributed by atoms with Crippen molar-refractivity contribution in [2.75, 3.05) is 0 Å². The second-order valence-electron chi connectivity index (χ2n) is 5.55. The zero-order chi connectivity index (χ0) is 18.8. The van der Waals surface area contributed by atoms with Gasteiger partial charge in [-0.25, -0.2) is 4.79 Å². The Kier molecular flexibility index (Phi) is 5.78. The summed E-state index contributed by atoms with van der Waals surface area (Å²) in [4.78, 5) is 25.0. The number of hydrogen-bond donors (Lipinski definition) is 0. The molecule has 2 aromatic carbocycles. The van der Waals surface area contributed by atoms with Crippen molar-refractivity contribution in [3.8, 4) is 0 Å². The first-order valence-corrected chi connectivity index (χ1v) is 9.05. The van der Waals surface area contributed by atoms with Crippen molar-refractivity contribution in [2.45, 2.75) is 13.1 Å². The molecule has 0 aliphatic rings. The number of halogens is 4. The molecule has 0 radical (unpaired) electrons. The van der Waals surface area contributed by atoms with E-state index in [4.69, 9.17) is 46.4 Å². The lowest BCUT2D eigenvalue weighted by molar-refractivity contribution is 0.612. The van der Waals surface area contributed by atoms with Crippen LogP contribution in [0.2, 0.25) is 20.1 Å². The van der Waals surface area contributed by atoms with Crippen LogP contribution in [0, 0.1) is 0 Å². The minimum absolute atomic E-state index is 0.0345. The van der Waals surface area contributed by atoms with E-state index < -0.39 is 11.2 Å². The van der Waals surface area contributed by atoms with E-state index in [1.165, 1.54) is 16.8 Å². The fourth-order valence-corrected chi connectivity index (χ4v) is 3.55. The quantitative estimate of drug-likeness (QED) is 0.602. The Balaban J connectivity index is 2.05. The summed E-state index contributed by atoms with van der Waals surface area (Å²) in [7, 11) is 0. The van der Waals surface area contributed by atoms with Gasteiger partial charge in [0.2, 0.25) is 0 Å². The Labute approximate surface area is 169 Å². The van der Waals surface area contributed by atoms with Gasteiger partial charge in [-0.2, -0.15) is 0 Å². The predicted octanol–water partition coefficient (Wildman–Crippen LogP) is 4.72. The molecule has 0 amide bonds. The molecule has 0 saturated heterocycles. The van der Waals surface area contributed by atoms with Crippen LogP contribution in [0.1, 0.15) is 11.1 Å². The Morgan fingerprint density at radius 3 is 1.65 bits per heavy atom. The maximum absolute atomic E-state index is 12.8. The van der Waals surface area contributed by atoms with Crippen molar-refractivity contribution >= 4 is 46.4 Å². The van der Waals surface area contributed by atoms with Crippen molar-refractivity contribution in [3.63, 3.8) is 0 Å². The topological polar surface area (TPSA) is 44.0 Å². The highest BCUT2D eigenvalue weighted by molar-refractivity contribution is 6.36. The van der Waals surface area contributed by atoms with Gasteiger partial charge in [0.1, 0.15) is 0 Å². The van der Waals surface area contributed by atoms with Crippen molar-refractivity contribution in [1.82, 2.24) is 9.13 Å². The highest BCUT2D eigenvalue weighted by atomic mass is 35.5. The highest BCUT2D eigenvalue weighted by Gasteiger charge is 2.13. The monoisotopic (exact) mass is 428 g/mol. The maximum Gasteiger partial charge on any atom is 0.331 e. The van der Waals surface area contributed by atoms with Crippen LogP contribution in [0.3, 0.4) is 0 Å². The summed E-state index contributed by atoms with van der Waals surface area (Å²) in [6.45, 7) is 0.0984. The molecule has 0 saturated carbocycles. The van der Waals surface area contributed by atoms with Gasteiger partial charge in [0, 0.05) is 43.5 Å². The Morgan fingerprint density at radius 1 is 0.692 bits per heavy atom. The van der Waals surface area contributed by atoms with Crippen LogP contribution in [0.15, 0.2) is 58.3 Å². The highest BCUT2D eigenvalue weighted by Crippen LogP contribution is 2.25. The first-order valence-electron chi connectivity index (χ1n) is 7.54. The fraction of sp³-hybridized carbons (Fsp3) is 0.111. The van der Waals surface area contributed by atoms with Crippen LogP contribution in [-0.4, -0.2) is 9.13 Å². The number of benzene rings is 2. The van der Waals surface area contributed by atoms with Crippen molar-refractivity contribution in [1.29, 1.82) is 0 Å². The molecule has 0 atom stereocenters. The van der Waals surface area contributed by atoms with Gasteiger partial charge in [0.05, 0.1) is 13.1 Å². The summed E-state index contributed by atoms with van der Waals surface area (Å²) in [6.07, 6.45) is 1.41. The molecule has 0 aliphatic heterocycles. The SMILES string of the molecule is O=c1ccn(Cc2c(Cl)cccc2Cl)c(=O)n1Cc1c(Cl)cccc1Cl. The molecule has 8 heteroatoms. The molecular formula is C18H12Cl4N2O2. The molecular weight excluding hydrogens is 418 g/mol. The van der Waals surface area contributed by atoms with Crippen molar-refractivity contribution < 1.29 is 0 Å². The van der Waals surface area contributed by atoms with E-state index in [1.807, 2.05) is 0 Å². The molecule has 3 rings (SSSR count). The molecule has 0 aliphatic carbocycles. The second kappa shape index (κ2) is 7.89. The summed E-state index contributed by atoms with van der Waals surface area (Å²) >= 11 is 24.6.